The Labute approximate surface area is 112 Å². The number of hydrogen-bond acceptors (Lipinski definition) is 2. The summed E-state index contributed by atoms with van der Waals surface area (Å²) in [7, 11) is 0. The van der Waals surface area contributed by atoms with E-state index in [1.807, 2.05) is 6.07 Å². The van der Waals surface area contributed by atoms with Gasteiger partial charge in [-0.25, -0.2) is 0 Å². The van der Waals surface area contributed by atoms with Crippen LogP contribution in [0.2, 0.25) is 0 Å². The Balaban J connectivity index is 1.85. The van der Waals surface area contributed by atoms with Crippen LogP contribution in [0.4, 0.5) is 0 Å². The van der Waals surface area contributed by atoms with E-state index >= 15 is 0 Å². The normalized spacial score (nSPS) is 17.4. The van der Waals surface area contributed by atoms with Gasteiger partial charge in [-0.2, -0.15) is 0 Å². The summed E-state index contributed by atoms with van der Waals surface area (Å²) < 4.78 is 1.11. The molecule has 0 radical (unpaired) electrons. The maximum atomic E-state index is 6.24. The average molecular weight is 297 g/mol. The Hall–Kier alpha value is -0.380. The Morgan fingerprint density at radius 2 is 2.24 bits per heavy atom. The second-order valence-electron chi connectivity index (χ2n) is 4.81. The van der Waals surface area contributed by atoms with Crippen molar-refractivity contribution >= 4 is 15.9 Å². The summed E-state index contributed by atoms with van der Waals surface area (Å²) in [5.74, 6) is 0. The molecule has 1 atom stereocenters. The number of halogens is 1. The third-order valence-electron chi connectivity index (χ3n) is 3.47. The third kappa shape index (κ3) is 3.80. The first-order valence-corrected chi connectivity index (χ1v) is 7.25. The molecule has 0 amide bonds. The molecule has 0 spiro atoms. The zero-order chi connectivity index (χ0) is 12.3. The second kappa shape index (κ2) is 5.98. The number of hydrogen-bond donors (Lipinski definition) is 1. The van der Waals surface area contributed by atoms with Gasteiger partial charge in [-0.05, 0) is 43.5 Å². The highest BCUT2D eigenvalue weighted by molar-refractivity contribution is 9.10. The van der Waals surface area contributed by atoms with E-state index in [9.17, 15) is 0 Å². The lowest BCUT2D eigenvalue weighted by molar-refractivity contribution is 0.266. The van der Waals surface area contributed by atoms with E-state index in [4.69, 9.17) is 5.73 Å². The predicted molar refractivity (Wildman–Crippen MR) is 76.0 cm³/mol. The lowest BCUT2D eigenvalue weighted by atomic mass is 10.0. The highest BCUT2D eigenvalue weighted by Crippen LogP contribution is 2.27. The van der Waals surface area contributed by atoms with Crippen molar-refractivity contribution in [3.05, 3.63) is 34.3 Å². The summed E-state index contributed by atoms with van der Waals surface area (Å²) in [4.78, 5) is 2.55. The molecule has 0 bridgehead atoms. The van der Waals surface area contributed by atoms with E-state index in [1.165, 1.54) is 18.4 Å². The van der Waals surface area contributed by atoms with E-state index in [0.29, 0.717) is 0 Å². The van der Waals surface area contributed by atoms with Crippen molar-refractivity contribution < 1.29 is 0 Å². The van der Waals surface area contributed by atoms with E-state index in [1.54, 1.807) is 0 Å². The first kappa shape index (κ1) is 13.1. The molecule has 1 aliphatic carbocycles. The maximum absolute atomic E-state index is 6.24. The molecular weight excluding hydrogens is 276 g/mol. The van der Waals surface area contributed by atoms with Gasteiger partial charge in [0.05, 0.1) is 0 Å². The minimum Gasteiger partial charge on any atom is -0.324 e. The van der Waals surface area contributed by atoms with E-state index in [-0.39, 0.29) is 6.04 Å². The fourth-order valence-corrected chi connectivity index (χ4v) is 2.66. The van der Waals surface area contributed by atoms with Crippen LogP contribution in [0.1, 0.15) is 37.8 Å². The van der Waals surface area contributed by atoms with Gasteiger partial charge in [-0.1, -0.05) is 35.0 Å². The summed E-state index contributed by atoms with van der Waals surface area (Å²) >= 11 is 3.49. The number of nitrogens with zero attached hydrogens (tertiary/aromatic N) is 1. The molecule has 1 aromatic rings. The predicted octanol–water partition coefficient (Wildman–Crippen LogP) is 3.32. The molecule has 1 aromatic carbocycles. The van der Waals surface area contributed by atoms with Gasteiger partial charge < -0.3 is 10.6 Å². The van der Waals surface area contributed by atoms with Crippen molar-refractivity contribution in [1.29, 1.82) is 0 Å². The van der Waals surface area contributed by atoms with Crippen LogP contribution >= 0.6 is 15.9 Å². The van der Waals surface area contributed by atoms with Gasteiger partial charge in [0.25, 0.3) is 0 Å². The zero-order valence-electron chi connectivity index (χ0n) is 10.4. The largest absolute Gasteiger partial charge is 0.324 e. The molecule has 17 heavy (non-hydrogen) atoms. The Morgan fingerprint density at radius 3 is 2.82 bits per heavy atom. The van der Waals surface area contributed by atoms with Crippen LogP contribution in [-0.4, -0.2) is 24.0 Å². The van der Waals surface area contributed by atoms with Gasteiger partial charge in [0, 0.05) is 23.1 Å². The molecule has 2 rings (SSSR count). The van der Waals surface area contributed by atoms with Crippen molar-refractivity contribution in [3.8, 4) is 0 Å². The number of rotatable bonds is 6. The van der Waals surface area contributed by atoms with Crippen LogP contribution in [-0.2, 0) is 0 Å². The maximum Gasteiger partial charge on any atom is 0.0307 e. The fourth-order valence-electron chi connectivity index (χ4n) is 2.25. The SMILES string of the molecule is CCN(CCC(N)c1cccc(Br)c1)C1CC1. The molecule has 2 nitrogen and oxygen atoms in total. The first-order chi connectivity index (χ1) is 8.20. The number of nitrogens with two attached hydrogens (primary N) is 1. The van der Waals surface area contributed by atoms with Crippen LogP contribution < -0.4 is 5.73 Å². The Bertz CT molecular complexity index is 363. The molecule has 0 aromatic heterocycles. The van der Waals surface area contributed by atoms with E-state index in [0.717, 1.165) is 30.0 Å². The third-order valence-corrected chi connectivity index (χ3v) is 3.97. The lowest BCUT2D eigenvalue weighted by Crippen LogP contribution is -2.29. The Morgan fingerprint density at radius 1 is 1.47 bits per heavy atom. The van der Waals surface area contributed by atoms with Gasteiger partial charge in [0.2, 0.25) is 0 Å². The van der Waals surface area contributed by atoms with Crippen molar-refractivity contribution in [2.24, 2.45) is 5.73 Å². The molecule has 1 fully saturated rings. The lowest BCUT2D eigenvalue weighted by Gasteiger charge is -2.22. The minimum atomic E-state index is 0.153. The summed E-state index contributed by atoms with van der Waals surface area (Å²) in [6, 6.07) is 9.33. The first-order valence-electron chi connectivity index (χ1n) is 6.45. The van der Waals surface area contributed by atoms with Gasteiger partial charge in [0.15, 0.2) is 0 Å². The van der Waals surface area contributed by atoms with Crippen LogP contribution in [0, 0.1) is 0 Å². The fraction of sp³-hybridized carbons (Fsp3) is 0.571. The van der Waals surface area contributed by atoms with Gasteiger partial charge in [-0.3, -0.25) is 0 Å². The van der Waals surface area contributed by atoms with Gasteiger partial charge in [-0.15, -0.1) is 0 Å². The van der Waals surface area contributed by atoms with Crippen molar-refractivity contribution in [2.75, 3.05) is 13.1 Å². The molecule has 0 saturated heterocycles. The summed E-state index contributed by atoms with van der Waals surface area (Å²) in [6.07, 6.45) is 3.79. The molecule has 1 unspecified atom stereocenters. The van der Waals surface area contributed by atoms with E-state index in [2.05, 4.69) is 46.0 Å². The zero-order valence-corrected chi connectivity index (χ0v) is 12.0. The number of benzene rings is 1. The van der Waals surface area contributed by atoms with Crippen molar-refractivity contribution in [2.45, 2.75) is 38.3 Å². The van der Waals surface area contributed by atoms with Crippen LogP contribution in [0.25, 0.3) is 0 Å². The topological polar surface area (TPSA) is 29.3 Å². The summed E-state index contributed by atoms with van der Waals surface area (Å²) in [6.45, 7) is 4.51. The molecule has 1 saturated carbocycles. The highest BCUT2D eigenvalue weighted by Gasteiger charge is 2.27. The molecule has 1 aliphatic rings. The monoisotopic (exact) mass is 296 g/mol. The molecule has 3 heteroatoms. The molecular formula is C14H21BrN2. The van der Waals surface area contributed by atoms with Crippen LogP contribution in [0.15, 0.2) is 28.7 Å². The van der Waals surface area contributed by atoms with Crippen molar-refractivity contribution in [3.63, 3.8) is 0 Å². The average Bonchev–Trinajstić information content (AvgIpc) is 3.14. The van der Waals surface area contributed by atoms with Gasteiger partial charge >= 0.3 is 0 Å². The van der Waals surface area contributed by atoms with Gasteiger partial charge in [0.1, 0.15) is 0 Å². The van der Waals surface area contributed by atoms with Crippen LogP contribution in [0.3, 0.4) is 0 Å². The smallest absolute Gasteiger partial charge is 0.0307 e. The molecule has 94 valence electrons. The van der Waals surface area contributed by atoms with Crippen molar-refractivity contribution in [1.82, 2.24) is 4.90 Å². The Kier molecular flexibility index (Phi) is 4.60. The summed E-state index contributed by atoms with van der Waals surface area (Å²) in [5.41, 5.74) is 7.47. The second-order valence-corrected chi connectivity index (χ2v) is 5.73. The summed E-state index contributed by atoms with van der Waals surface area (Å²) in [5, 5.41) is 0. The molecule has 2 N–H and O–H groups in total. The molecule has 0 aliphatic heterocycles. The quantitative estimate of drug-likeness (QED) is 0.872. The highest BCUT2D eigenvalue weighted by atomic mass is 79.9. The van der Waals surface area contributed by atoms with E-state index < -0.39 is 0 Å². The minimum absolute atomic E-state index is 0.153. The standard InChI is InChI=1S/C14H21BrN2/c1-2-17(13-6-7-13)9-8-14(16)11-4-3-5-12(15)10-11/h3-5,10,13-14H,2,6-9,16H2,1H3. The van der Waals surface area contributed by atoms with Crippen LogP contribution in [0.5, 0.6) is 0 Å². The molecule has 0 heterocycles.